The summed E-state index contributed by atoms with van der Waals surface area (Å²) in [5.41, 5.74) is 1.36. The molecule has 0 amide bonds. The summed E-state index contributed by atoms with van der Waals surface area (Å²) in [6.07, 6.45) is 2.48. The fraction of sp³-hybridized carbons (Fsp3) is 0.250. The average molecular weight is 271 g/mol. The topological polar surface area (TPSA) is 48.4 Å². The highest BCUT2D eigenvalue weighted by Crippen LogP contribution is 2.15. The molecule has 2 aromatic rings. The molecule has 20 heavy (non-hydrogen) atoms. The molecule has 0 aliphatic carbocycles. The van der Waals surface area contributed by atoms with Crippen molar-refractivity contribution in [2.45, 2.75) is 20.3 Å². The molecule has 0 fully saturated rings. The third-order valence-corrected chi connectivity index (χ3v) is 2.66. The Kier molecular flexibility index (Phi) is 4.71. The summed E-state index contributed by atoms with van der Waals surface area (Å²) in [4.78, 5) is 16.0. The average Bonchev–Trinajstić information content (AvgIpc) is 2.48. The van der Waals surface area contributed by atoms with Gasteiger partial charge in [-0.15, -0.1) is 0 Å². The van der Waals surface area contributed by atoms with Gasteiger partial charge in [0.15, 0.2) is 0 Å². The van der Waals surface area contributed by atoms with Crippen LogP contribution in [-0.2, 0) is 0 Å². The molecule has 2 rings (SSSR count). The molecule has 0 aliphatic rings. The van der Waals surface area contributed by atoms with Gasteiger partial charge in [0.2, 0.25) is 0 Å². The summed E-state index contributed by atoms with van der Waals surface area (Å²) in [6, 6.07) is 10.4. The minimum atomic E-state index is -0.405. The molecule has 0 bridgehead atoms. The number of aromatic nitrogens is 1. The monoisotopic (exact) mass is 271 g/mol. The Morgan fingerprint density at radius 3 is 2.40 bits per heavy atom. The lowest BCUT2D eigenvalue weighted by Gasteiger charge is -2.06. The van der Waals surface area contributed by atoms with Gasteiger partial charge in [-0.3, -0.25) is 4.98 Å². The second-order valence-electron chi connectivity index (χ2n) is 4.40. The van der Waals surface area contributed by atoms with Crippen LogP contribution in [0.2, 0.25) is 0 Å². The number of carbonyl (C=O) groups is 1. The van der Waals surface area contributed by atoms with E-state index < -0.39 is 5.97 Å². The molecule has 0 saturated heterocycles. The van der Waals surface area contributed by atoms with Crippen LogP contribution < -0.4 is 9.47 Å². The summed E-state index contributed by atoms with van der Waals surface area (Å²) in [5, 5.41) is 0. The van der Waals surface area contributed by atoms with Gasteiger partial charge >= 0.3 is 5.97 Å². The Labute approximate surface area is 118 Å². The number of esters is 1. The molecule has 0 saturated carbocycles. The SMILES string of the molecule is CCCOc1ccc(C(=O)Oc2ccc(C)nc2)cc1. The van der Waals surface area contributed by atoms with Crippen molar-refractivity contribution in [3.05, 3.63) is 53.9 Å². The first-order valence-corrected chi connectivity index (χ1v) is 6.56. The number of carbonyl (C=O) groups excluding carboxylic acids is 1. The molecular formula is C16H17NO3. The molecule has 0 N–H and O–H groups in total. The number of rotatable bonds is 5. The van der Waals surface area contributed by atoms with Crippen molar-refractivity contribution in [1.82, 2.24) is 4.98 Å². The zero-order chi connectivity index (χ0) is 14.4. The van der Waals surface area contributed by atoms with Gasteiger partial charge in [0.25, 0.3) is 0 Å². The summed E-state index contributed by atoms with van der Waals surface area (Å²) < 4.78 is 10.7. The number of benzene rings is 1. The lowest BCUT2D eigenvalue weighted by Crippen LogP contribution is -2.08. The Bertz CT molecular complexity index is 561. The van der Waals surface area contributed by atoms with Crippen molar-refractivity contribution in [1.29, 1.82) is 0 Å². The molecule has 0 atom stereocenters. The molecule has 0 spiro atoms. The molecule has 1 aromatic carbocycles. The van der Waals surface area contributed by atoms with Gasteiger partial charge < -0.3 is 9.47 Å². The van der Waals surface area contributed by atoms with E-state index in [0.717, 1.165) is 17.9 Å². The van der Waals surface area contributed by atoms with Gasteiger partial charge in [0.05, 0.1) is 18.4 Å². The van der Waals surface area contributed by atoms with E-state index in [1.165, 1.54) is 6.20 Å². The molecule has 0 aliphatic heterocycles. The van der Waals surface area contributed by atoms with Crippen LogP contribution in [-0.4, -0.2) is 17.6 Å². The fourth-order valence-electron chi connectivity index (χ4n) is 1.59. The van der Waals surface area contributed by atoms with E-state index in [1.54, 1.807) is 36.4 Å². The molecule has 0 unspecified atom stereocenters. The molecular weight excluding hydrogens is 254 g/mol. The van der Waals surface area contributed by atoms with Crippen LogP contribution in [0.25, 0.3) is 0 Å². The van der Waals surface area contributed by atoms with E-state index in [0.29, 0.717) is 17.9 Å². The van der Waals surface area contributed by atoms with Crippen LogP contribution in [0, 0.1) is 6.92 Å². The molecule has 104 valence electrons. The van der Waals surface area contributed by atoms with Crippen molar-refractivity contribution < 1.29 is 14.3 Å². The maximum atomic E-state index is 11.9. The smallest absolute Gasteiger partial charge is 0.343 e. The zero-order valence-electron chi connectivity index (χ0n) is 11.6. The maximum Gasteiger partial charge on any atom is 0.343 e. The van der Waals surface area contributed by atoms with Crippen molar-refractivity contribution >= 4 is 5.97 Å². The van der Waals surface area contributed by atoms with E-state index in [-0.39, 0.29) is 0 Å². The lowest BCUT2D eigenvalue weighted by atomic mass is 10.2. The van der Waals surface area contributed by atoms with Gasteiger partial charge in [-0.2, -0.15) is 0 Å². The second-order valence-corrected chi connectivity index (χ2v) is 4.40. The number of nitrogens with zero attached hydrogens (tertiary/aromatic N) is 1. The largest absolute Gasteiger partial charge is 0.494 e. The number of hydrogen-bond donors (Lipinski definition) is 0. The summed E-state index contributed by atoms with van der Waals surface area (Å²) in [6.45, 7) is 4.58. The first kappa shape index (κ1) is 14.1. The molecule has 4 nitrogen and oxygen atoms in total. The summed E-state index contributed by atoms with van der Waals surface area (Å²) in [5.74, 6) is 0.782. The predicted molar refractivity (Wildman–Crippen MR) is 76.2 cm³/mol. The standard InChI is InChI=1S/C16H17NO3/c1-3-10-19-14-8-5-13(6-9-14)16(18)20-15-7-4-12(2)17-11-15/h4-9,11H,3,10H2,1-2H3. The molecule has 1 heterocycles. The molecule has 4 heteroatoms. The second kappa shape index (κ2) is 6.70. The van der Waals surface area contributed by atoms with Crippen molar-refractivity contribution in [3.63, 3.8) is 0 Å². The van der Waals surface area contributed by atoms with Gasteiger partial charge in [0, 0.05) is 5.69 Å². The van der Waals surface area contributed by atoms with E-state index in [1.807, 2.05) is 13.8 Å². The van der Waals surface area contributed by atoms with E-state index >= 15 is 0 Å². The summed E-state index contributed by atoms with van der Waals surface area (Å²) >= 11 is 0. The van der Waals surface area contributed by atoms with Crippen molar-refractivity contribution in [2.24, 2.45) is 0 Å². The van der Waals surface area contributed by atoms with Gasteiger partial charge in [-0.25, -0.2) is 4.79 Å². The van der Waals surface area contributed by atoms with Gasteiger partial charge in [0.1, 0.15) is 11.5 Å². The minimum Gasteiger partial charge on any atom is -0.494 e. The lowest BCUT2D eigenvalue weighted by molar-refractivity contribution is 0.0734. The third kappa shape index (κ3) is 3.82. The maximum absolute atomic E-state index is 11.9. The molecule has 1 aromatic heterocycles. The first-order chi connectivity index (χ1) is 9.69. The highest BCUT2D eigenvalue weighted by molar-refractivity contribution is 5.91. The van der Waals surface area contributed by atoms with Crippen LogP contribution >= 0.6 is 0 Å². The highest BCUT2D eigenvalue weighted by atomic mass is 16.5. The van der Waals surface area contributed by atoms with E-state index in [2.05, 4.69) is 4.98 Å². The number of ether oxygens (including phenoxy) is 2. The summed E-state index contributed by atoms with van der Waals surface area (Å²) in [7, 11) is 0. The van der Waals surface area contributed by atoms with Gasteiger partial charge in [-0.1, -0.05) is 6.92 Å². The zero-order valence-corrected chi connectivity index (χ0v) is 11.6. The van der Waals surface area contributed by atoms with E-state index in [9.17, 15) is 4.79 Å². The van der Waals surface area contributed by atoms with Crippen LogP contribution in [0.1, 0.15) is 29.4 Å². The number of pyridine rings is 1. The van der Waals surface area contributed by atoms with Crippen LogP contribution in [0.3, 0.4) is 0 Å². The van der Waals surface area contributed by atoms with Crippen LogP contribution in [0.15, 0.2) is 42.6 Å². The number of aryl methyl sites for hydroxylation is 1. The third-order valence-electron chi connectivity index (χ3n) is 2.66. The minimum absolute atomic E-state index is 0.405. The van der Waals surface area contributed by atoms with Crippen molar-refractivity contribution in [2.75, 3.05) is 6.61 Å². The Hall–Kier alpha value is -2.36. The van der Waals surface area contributed by atoms with Crippen molar-refractivity contribution in [3.8, 4) is 11.5 Å². The van der Waals surface area contributed by atoms with Crippen LogP contribution in [0.4, 0.5) is 0 Å². The normalized spacial score (nSPS) is 10.1. The Morgan fingerprint density at radius 1 is 1.10 bits per heavy atom. The Morgan fingerprint density at radius 2 is 1.80 bits per heavy atom. The van der Waals surface area contributed by atoms with Gasteiger partial charge in [-0.05, 0) is 49.7 Å². The number of hydrogen-bond acceptors (Lipinski definition) is 4. The van der Waals surface area contributed by atoms with E-state index in [4.69, 9.17) is 9.47 Å². The molecule has 0 radical (unpaired) electrons. The first-order valence-electron chi connectivity index (χ1n) is 6.56. The fourth-order valence-corrected chi connectivity index (χ4v) is 1.59. The predicted octanol–water partition coefficient (Wildman–Crippen LogP) is 3.40. The Balaban J connectivity index is 2.00. The quantitative estimate of drug-likeness (QED) is 0.782. The van der Waals surface area contributed by atoms with Crippen LogP contribution in [0.5, 0.6) is 11.5 Å². The highest BCUT2D eigenvalue weighted by Gasteiger charge is 2.08.